The smallest absolute Gasteiger partial charge is 0.273 e. The molecule has 0 aliphatic carbocycles. The van der Waals surface area contributed by atoms with E-state index in [1.807, 2.05) is 0 Å². The van der Waals surface area contributed by atoms with Gasteiger partial charge in [0.05, 0.1) is 0 Å². The van der Waals surface area contributed by atoms with Crippen LogP contribution in [0.2, 0.25) is 0 Å². The first-order chi connectivity index (χ1) is 8.90. The van der Waals surface area contributed by atoms with Crippen molar-refractivity contribution >= 4 is 27.3 Å². The van der Waals surface area contributed by atoms with Gasteiger partial charge in [-0.3, -0.25) is 0 Å². The van der Waals surface area contributed by atoms with Crippen LogP contribution in [0.5, 0.6) is 0 Å². The van der Waals surface area contributed by atoms with Crippen LogP contribution in [-0.2, 0) is 16.6 Å². The Morgan fingerprint density at radius 3 is 2.42 bits per heavy atom. The van der Waals surface area contributed by atoms with E-state index < -0.39 is 10.0 Å². The van der Waals surface area contributed by atoms with Gasteiger partial charge in [-0.25, -0.2) is 23.1 Å². The zero-order valence-corrected chi connectivity index (χ0v) is 12.2. The number of rotatable bonds is 4. The van der Waals surface area contributed by atoms with E-state index in [9.17, 15) is 8.42 Å². The Labute approximate surface area is 115 Å². The summed E-state index contributed by atoms with van der Waals surface area (Å²) in [6.07, 6.45) is 0. The summed E-state index contributed by atoms with van der Waals surface area (Å²) in [6, 6.07) is 4.99. The van der Waals surface area contributed by atoms with Gasteiger partial charge < -0.3 is 5.73 Å². The third-order valence-electron chi connectivity index (χ3n) is 2.31. The van der Waals surface area contributed by atoms with Crippen LogP contribution in [0.3, 0.4) is 0 Å². The Morgan fingerprint density at radius 2 is 1.89 bits per heavy atom. The van der Waals surface area contributed by atoms with Crippen molar-refractivity contribution in [1.29, 1.82) is 0 Å². The Bertz CT molecular complexity index is 674. The largest absolute Gasteiger partial charge is 0.326 e. The Morgan fingerprint density at radius 1 is 1.26 bits per heavy atom. The molecule has 8 heteroatoms. The molecule has 2 aromatic heterocycles. The number of anilines is 1. The van der Waals surface area contributed by atoms with Crippen LogP contribution in [0.25, 0.3) is 0 Å². The van der Waals surface area contributed by atoms with Gasteiger partial charge in [0.2, 0.25) is 5.95 Å². The Hall–Kier alpha value is -1.51. The Balaban J connectivity index is 2.30. The normalized spacial score (nSPS) is 11.5. The number of aryl methyl sites for hydroxylation is 2. The fourth-order valence-electron chi connectivity index (χ4n) is 1.55. The molecule has 0 aliphatic heterocycles. The van der Waals surface area contributed by atoms with Crippen LogP contribution >= 0.6 is 11.3 Å². The second-order valence-electron chi connectivity index (χ2n) is 4.00. The van der Waals surface area contributed by atoms with Gasteiger partial charge in [-0.1, -0.05) is 0 Å². The molecule has 6 nitrogen and oxygen atoms in total. The molecular weight excluding hydrogens is 284 g/mol. The summed E-state index contributed by atoms with van der Waals surface area (Å²) in [5.74, 6) is 0.0835. The zero-order chi connectivity index (χ0) is 14.0. The van der Waals surface area contributed by atoms with Crippen molar-refractivity contribution in [3.8, 4) is 0 Å². The molecule has 0 atom stereocenters. The first-order valence-corrected chi connectivity index (χ1v) is 7.84. The number of sulfonamides is 1. The number of nitrogens with zero attached hydrogens (tertiary/aromatic N) is 2. The zero-order valence-electron chi connectivity index (χ0n) is 10.5. The monoisotopic (exact) mass is 298 g/mol. The third kappa shape index (κ3) is 3.28. The maximum Gasteiger partial charge on any atom is 0.273 e. The van der Waals surface area contributed by atoms with Crippen molar-refractivity contribution in [2.75, 3.05) is 4.72 Å². The molecule has 3 N–H and O–H groups in total. The average Bonchev–Trinajstić information content (AvgIpc) is 2.75. The van der Waals surface area contributed by atoms with Crippen LogP contribution < -0.4 is 10.5 Å². The molecule has 0 bridgehead atoms. The molecule has 0 spiro atoms. The number of hydrogen-bond acceptors (Lipinski definition) is 6. The maximum absolute atomic E-state index is 12.1. The predicted octanol–water partition coefficient (Wildman–Crippen LogP) is 1.41. The summed E-state index contributed by atoms with van der Waals surface area (Å²) >= 11 is 1.14. The molecule has 0 radical (unpaired) electrons. The van der Waals surface area contributed by atoms with Crippen molar-refractivity contribution in [3.05, 3.63) is 34.5 Å². The first kappa shape index (κ1) is 13.9. The highest BCUT2D eigenvalue weighted by Crippen LogP contribution is 2.22. The molecule has 2 heterocycles. The quantitative estimate of drug-likeness (QED) is 0.889. The van der Waals surface area contributed by atoms with E-state index in [-0.39, 0.29) is 10.2 Å². The first-order valence-electron chi connectivity index (χ1n) is 5.54. The van der Waals surface area contributed by atoms with E-state index in [0.717, 1.165) is 16.2 Å². The minimum atomic E-state index is -3.65. The van der Waals surface area contributed by atoms with Gasteiger partial charge >= 0.3 is 0 Å². The van der Waals surface area contributed by atoms with Gasteiger partial charge in [0.1, 0.15) is 4.21 Å². The molecule has 19 heavy (non-hydrogen) atoms. The maximum atomic E-state index is 12.1. The molecule has 0 saturated carbocycles. The minimum absolute atomic E-state index is 0.0835. The summed E-state index contributed by atoms with van der Waals surface area (Å²) in [5.41, 5.74) is 6.88. The van der Waals surface area contributed by atoms with E-state index in [2.05, 4.69) is 14.7 Å². The van der Waals surface area contributed by atoms with Gasteiger partial charge in [0, 0.05) is 22.8 Å². The molecule has 102 valence electrons. The number of aromatic nitrogens is 2. The van der Waals surface area contributed by atoms with Crippen LogP contribution in [-0.4, -0.2) is 18.4 Å². The third-order valence-corrected chi connectivity index (χ3v) is 5.24. The molecule has 2 rings (SSSR count). The van der Waals surface area contributed by atoms with Crippen molar-refractivity contribution in [2.24, 2.45) is 5.73 Å². The standard InChI is InChI=1S/C11H14N4O2S2/c1-7-5-8(2)14-11(13-7)15-19(16,17)10-4-3-9(6-12)18-10/h3-5H,6,12H2,1-2H3,(H,13,14,15). The van der Waals surface area contributed by atoms with Crippen LogP contribution in [0.1, 0.15) is 16.3 Å². The highest BCUT2D eigenvalue weighted by atomic mass is 32.2. The molecule has 0 amide bonds. The molecule has 0 fully saturated rings. The van der Waals surface area contributed by atoms with E-state index >= 15 is 0 Å². The van der Waals surface area contributed by atoms with Crippen molar-refractivity contribution in [2.45, 2.75) is 24.6 Å². The van der Waals surface area contributed by atoms with E-state index in [4.69, 9.17) is 5.73 Å². The summed E-state index contributed by atoms with van der Waals surface area (Å²) in [5, 5.41) is 0. The second-order valence-corrected chi connectivity index (χ2v) is 7.08. The van der Waals surface area contributed by atoms with Gasteiger partial charge in [-0.2, -0.15) is 0 Å². The van der Waals surface area contributed by atoms with Crippen LogP contribution in [0.4, 0.5) is 5.95 Å². The van der Waals surface area contributed by atoms with Crippen molar-refractivity contribution < 1.29 is 8.42 Å². The van der Waals surface area contributed by atoms with Crippen molar-refractivity contribution in [1.82, 2.24) is 9.97 Å². The molecule has 0 saturated heterocycles. The van der Waals surface area contributed by atoms with Crippen molar-refractivity contribution in [3.63, 3.8) is 0 Å². The Kier molecular flexibility index (Phi) is 3.83. The van der Waals surface area contributed by atoms with Crippen LogP contribution in [0.15, 0.2) is 22.4 Å². The SMILES string of the molecule is Cc1cc(C)nc(NS(=O)(=O)c2ccc(CN)s2)n1. The summed E-state index contributed by atoms with van der Waals surface area (Å²) in [4.78, 5) is 8.91. The van der Waals surface area contributed by atoms with Gasteiger partial charge in [0.15, 0.2) is 0 Å². The topological polar surface area (TPSA) is 98.0 Å². The molecular formula is C11H14N4O2S2. The molecule has 0 unspecified atom stereocenters. The summed E-state index contributed by atoms with van der Waals surface area (Å²) in [7, 11) is -3.65. The average molecular weight is 298 g/mol. The lowest BCUT2D eigenvalue weighted by Crippen LogP contribution is -2.14. The van der Waals surface area contributed by atoms with E-state index in [0.29, 0.717) is 17.9 Å². The van der Waals surface area contributed by atoms with E-state index in [1.54, 1.807) is 26.0 Å². The summed E-state index contributed by atoms with van der Waals surface area (Å²) in [6.45, 7) is 3.88. The number of nitrogens with two attached hydrogens (primary N) is 1. The lowest BCUT2D eigenvalue weighted by atomic mass is 10.4. The second kappa shape index (κ2) is 5.24. The summed E-state index contributed by atoms with van der Waals surface area (Å²) < 4.78 is 26.8. The molecule has 0 aliphatic rings. The number of hydrogen-bond donors (Lipinski definition) is 2. The van der Waals surface area contributed by atoms with Gasteiger partial charge in [-0.05, 0) is 32.0 Å². The van der Waals surface area contributed by atoms with Gasteiger partial charge in [-0.15, -0.1) is 11.3 Å². The highest BCUT2D eigenvalue weighted by molar-refractivity contribution is 7.94. The predicted molar refractivity (Wildman–Crippen MR) is 74.5 cm³/mol. The number of nitrogens with one attached hydrogen (secondary N) is 1. The van der Waals surface area contributed by atoms with Gasteiger partial charge in [0.25, 0.3) is 10.0 Å². The lowest BCUT2D eigenvalue weighted by molar-refractivity contribution is 0.602. The molecule has 2 aromatic rings. The molecule has 0 aromatic carbocycles. The number of thiophene rings is 1. The highest BCUT2D eigenvalue weighted by Gasteiger charge is 2.18. The van der Waals surface area contributed by atoms with E-state index in [1.165, 1.54) is 6.07 Å². The fourth-order valence-corrected chi connectivity index (χ4v) is 3.73. The lowest BCUT2D eigenvalue weighted by Gasteiger charge is -2.06. The fraction of sp³-hybridized carbons (Fsp3) is 0.273. The van der Waals surface area contributed by atoms with Crippen LogP contribution in [0, 0.1) is 13.8 Å². The minimum Gasteiger partial charge on any atom is -0.326 e.